The minimum absolute atomic E-state index is 0.429. The van der Waals surface area contributed by atoms with Gasteiger partial charge in [0.25, 0.3) is 0 Å². The number of benzene rings is 1. The number of hydrogen-bond acceptors (Lipinski definition) is 3. The summed E-state index contributed by atoms with van der Waals surface area (Å²) in [5.41, 5.74) is 2.75. The first-order chi connectivity index (χ1) is 8.81. The van der Waals surface area contributed by atoms with Gasteiger partial charge in [0.2, 0.25) is 0 Å². The van der Waals surface area contributed by atoms with Gasteiger partial charge in [-0.2, -0.15) is 0 Å². The maximum Gasteiger partial charge on any atom is 0.0710 e. The smallest absolute Gasteiger partial charge is 0.0710 e. The molecule has 3 nitrogen and oxygen atoms in total. The van der Waals surface area contributed by atoms with E-state index in [2.05, 4.69) is 41.4 Å². The van der Waals surface area contributed by atoms with Crippen molar-refractivity contribution in [2.75, 3.05) is 26.7 Å². The normalized spacial score (nSPS) is 20.4. The Balaban J connectivity index is 1.83. The van der Waals surface area contributed by atoms with E-state index >= 15 is 0 Å². The molecule has 1 aromatic carbocycles. The second-order valence-electron chi connectivity index (χ2n) is 4.98. The van der Waals surface area contributed by atoms with Crippen molar-refractivity contribution >= 4 is 0 Å². The average molecular weight is 248 g/mol. The van der Waals surface area contributed by atoms with E-state index in [0.717, 1.165) is 39.1 Å². The van der Waals surface area contributed by atoms with E-state index in [-0.39, 0.29) is 0 Å². The lowest BCUT2D eigenvalue weighted by Gasteiger charge is -2.15. The lowest BCUT2D eigenvalue weighted by atomic mass is 10.1. The standard InChI is InChI=1S/C15H24N2O/c1-3-16-10-13-4-6-14(7-5-13)11-17-9-8-15(12-17)18-2/h4-7,15-16H,3,8-12H2,1-2H3. The van der Waals surface area contributed by atoms with Gasteiger partial charge in [0.05, 0.1) is 6.10 Å². The summed E-state index contributed by atoms with van der Waals surface area (Å²) < 4.78 is 5.39. The summed E-state index contributed by atoms with van der Waals surface area (Å²) in [6.07, 6.45) is 1.59. The van der Waals surface area contributed by atoms with Crippen molar-refractivity contribution in [1.29, 1.82) is 0 Å². The average Bonchev–Trinajstić information content (AvgIpc) is 2.86. The third kappa shape index (κ3) is 3.80. The molecule has 0 spiro atoms. The van der Waals surface area contributed by atoms with Crippen LogP contribution in [0.3, 0.4) is 0 Å². The number of hydrogen-bond donors (Lipinski definition) is 1. The van der Waals surface area contributed by atoms with Gasteiger partial charge in [-0.05, 0) is 24.1 Å². The fourth-order valence-electron chi connectivity index (χ4n) is 2.42. The predicted octanol–water partition coefficient (Wildman–Crippen LogP) is 2.02. The number of nitrogens with one attached hydrogen (secondary N) is 1. The molecule has 0 bridgehead atoms. The molecule has 1 aliphatic rings. The third-order valence-corrected chi connectivity index (χ3v) is 3.57. The minimum atomic E-state index is 0.429. The van der Waals surface area contributed by atoms with Crippen LogP contribution >= 0.6 is 0 Å². The molecule has 0 amide bonds. The van der Waals surface area contributed by atoms with Crippen LogP contribution in [0.15, 0.2) is 24.3 Å². The van der Waals surface area contributed by atoms with Gasteiger partial charge in [0, 0.05) is 33.3 Å². The van der Waals surface area contributed by atoms with Gasteiger partial charge in [0.15, 0.2) is 0 Å². The van der Waals surface area contributed by atoms with Crippen molar-refractivity contribution in [3.63, 3.8) is 0 Å². The lowest BCUT2D eigenvalue weighted by molar-refractivity contribution is 0.107. The Hall–Kier alpha value is -0.900. The van der Waals surface area contributed by atoms with Crippen LogP contribution in [0.2, 0.25) is 0 Å². The van der Waals surface area contributed by atoms with Crippen molar-refractivity contribution < 1.29 is 4.74 Å². The molecule has 1 N–H and O–H groups in total. The van der Waals surface area contributed by atoms with E-state index in [9.17, 15) is 0 Å². The van der Waals surface area contributed by atoms with E-state index in [1.807, 2.05) is 7.11 Å². The van der Waals surface area contributed by atoms with Crippen LogP contribution in [-0.4, -0.2) is 37.7 Å². The molecular weight excluding hydrogens is 224 g/mol. The number of rotatable bonds is 6. The Labute approximate surface area is 110 Å². The van der Waals surface area contributed by atoms with Gasteiger partial charge in [-0.3, -0.25) is 4.90 Å². The highest BCUT2D eigenvalue weighted by molar-refractivity contribution is 5.22. The second-order valence-corrected chi connectivity index (χ2v) is 4.98. The topological polar surface area (TPSA) is 24.5 Å². The maximum atomic E-state index is 5.39. The van der Waals surface area contributed by atoms with Crippen LogP contribution in [0.1, 0.15) is 24.5 Å². The largest absolute Gasteiger partial charge is 0.380 e. The molecule has 1 fully saturated rings. The van der Waals surface area contributed by atoms with Crippen molar-refractivity contribution in [1.82, 2.24) is 10.2 Å². The molecule has 1 heterocycles. The van der Waals surface area contributed by atoms with Crippen LogP contribution in [0.25, 0.3) is 0 Å². The van der Waals surface area contributed by atoms with Gasteiger partial charge in [-0.25, -0.2) is 0 Å². The zero-order valence-electron chi connectivity index (χ0n) is 11.5. The molecule has 100 valence electrons. The summed E-state index contributed by atoms with van der Waals surface area (Å²) >= 11 is 0. The number of nitrogens with zero attached hydrogens (tertiary/aromatic N) is 1. The minimum Gasteiger partial charge on any atom is -0.380 e. The SMILES string of the molecule is CCNCc1ccc(CN2CCC(OC)C2)cc1. The van der Waals surface area contributed by atoms with E-state index < -0.39 is 0 Å². The van der Waals surface area contributed by atoms with Gasteiger partial charge in [-0.15, -0.1) is 0 Å². The van der Waals surface area contributed by atoms with Gasteiger partial charge >= 0.3 is 0 Å². The zero-order chi connectivity index (χ0) is 12.8. The summed E-state index contributed by atoms with van der Waals surface area (Å²) in [6.45, 7) is 7.38. The molecule has 1 saturated heterocycles. The summed E-state index contributed by atoms with van der Waals surface area (Å²) in [7, 11) is 1.81. The fraction of sp³-hybridized carbons (Fsp3) is 0.600. The Morgan fingerprint density at radius 2 is 2.00 bits per heavy atom. The first-order valence-electron chi connectivity index (χ1n) is 6.85. The number of methoxy groups -OCH3 is 1. The predicted molar refractivity (Wildman–Crippen MR) is 74.5 cm³/mol. The van der Waals surface area contributed by atoms with Gasteiger partial charge in [0.1, 0.15) is 0 Å². The van der Waals surface area contributed by atoms with E-state index in [1.165, 1.54) is 11.1 Å². The third-order valence-electron chi connectivity index (χ3n) is 3.57. The van der Waals surface area contributed by atoms with Crippen molar-refractivity contribution in [3.05, 3.63) is 35.4 Å². The molecule has 2 rings (SSSR count). The Morgan fingerprint density at radius 1 is 1.28 bits per heavy atom. The Kier molecular flexibility index (Phi) is 5.17. The second kappa shape index (κ2) is 6.88. The van der Waals surface area contributed by atoms with Crippen LogP contribution in [0.4, 0.5) is 0 Å². The van der Waals surface area contributed by atoms with Crippen LogP contribution in [0.5, 0.6) is 0 Å². The van der Waals surface area contributed by atoms with E-state index in [1.54, 1.807) is 0 Å². The number of ether oxygens (including phenoxy) is 1. The van der Waals surface area contributed by atoms with Gasteiger partial charge in [-0.1, -0.05) is 31.2 Å². The maximum absolute atomic E-state index is 5.39. The summed E-state index contributed by atoms with van der Waals surface area (Å²) in [5.74, 6) is 0. The fourth-order valence-corrected chi connectivity index (χ4v) is 2.42. The van der Waals surface area contributed by atoms with Crippen molar-refractivity contribution in [2.45, 2.75) is 32.5 Å². The van der Waals surface area contributed by atoms with E-state index in [4.69, 9.17) is 4.74 Å². The van der Waals surface area contributed by atoms with Crippen LogP contribution in [0, 0.1) is 0 Å². The molecule has 1 atom stereocenters. The molecular formula is C15H24N2O. The Morgan fingerprint density at radius 3 is 2.61 bits per heavy atom. The molecule has 1 unspecified atom stereocenters. The molecule has 0 aliphatic carbocycles. The molecule has 18 heavy (non-hydrogen) atoms. The molecule has 1 aromatic rings. The van der Waals surface area contributed by atoms with Crippen LogP contribution in [-0.2, 0) is 17.8 Å². The monoisotopic (exact) mass is 248 g/mol. The molecule has 0 aromatic heterocycles. The first-order valence-corrected chi connectivity index (χ1v) is 6.85. The summed E-state index contributed by atoms with van der Waals surface area (Å²) in [4.78, 5) is 2.47. The number of likely N-dealkylation sites (tertiary alicyclic amines) is 1. The first kappa shape index (κ1) is 13.5. The van der Waals surface area contributed by atoms with Crippen molar-refractivity contribution in [3.8, 4) is 0 Å². The highest BCUT2D eigenvalue weighted by Crippen LogP contribution is 2.15. The van der Waals surface area contributed by atoms with Crippen LogP contribution < -0.4 is 5.32 Å². The van der Waals surface area contributed by atoms with Crippen molar-refractivity contribution in [2.24, 2.45) is 0 Å². The highest BCUT2D eigenvalue weighted by Gasteiger charge is 2.21. The zero-order valence-corrected chi connectivity index (χ0v) is 11.5. The summed E-state index contributed by atoms with van der Waals surface area (Å²) in [5, 5.41) is 3.34. The molecule has 0 saturated carbocycles. The lowest BCUT2D eigenvalue weighted by Crippen LogP contribution is -2.22. The van der Waals surface area contributed by atoms with E-state index in [0.29, 0.717) is 6.10 Å². The molecule has 0 radical (unpaired) electrons. The van der Waals surface area contributed by atoms with Gasteiger partial charge < -0.3 is 10.1 Å². The quantitative estimate of drug-likeness (QED) is 0.833. The summed E-state index contributed by atoms with van der Waals surface area (Å²) in [6, 6.07) is 8.93. The molecule has 1 aliphatic heterocycles. The highest BCUT2D eigenvalue weighted by atomic mass is 16.5. The Bertz CT molecular complexity index is 350. The molecule has 3 heteroatoms.